The van der Waals surface area contributed by atoms with Gasteiger partial charge in [0.15, 0.2) is 6.61 Å². The number of ether oxygens (including phenoxy) is 2. The molecule has 8 nitrogen and oxygen atoms in total. The minimum Gasteiger partial charge on any atom is -0.494 e. The Bertz CT molecular complexity index is 1810. The molecule has 0 bridgehead atoms. The molecule has 3 aromatic carbocycles. The lowest BCUT2D eigenvalue weighted by Gasteiger charge is -2.31. The quantitative estimate of drug-likeness (QED) is 0.170. The molecule has 1 unspecified atom stereocenters. The van der Waals surface area contributed by atoms with Gasteiger partial charge in [0.1, 0.15) is 17.3 Å². The van der Waals surface area contributed by atoms with Gasteiger partial charge in [-0.05, 0) is 79.6 Å². The normalized spacial score (nSPS) is 12.1. The molecule has 1 atom stereocenters. The first kappa shape index (κ1) is 31.2. The van der Waals surface area contributed by atoms with E-state index in [2.05, 4.69) is 4.98 Å². The number of benzene rings is 3. The fourth-order valence-electron chi connectivity index (χ4n) is 4.95. The predicted octanol–water partition coefficient (Wildman–Crippen LogP) is 6.45. The third kappa shape index (κ3) is 7.67. The number of amides is 1. The molecular formula is C34H31F3N4O4. The van der Waals surface area contributed by atoms with E-state index in [1.165, 1.54) is 16.7 Å². The number of carbonyl (C=O) groups excluding carboxylic acids is 1. The van der Waals surface area contributed by atoms with Gasteiger partial charge in [-0.15, -0.1) is 0 Å². The van der Waals surface area contributed by atoms with E-state index in [-0.39, 0.29) is 30.2 Å². The fraction of sp³-hybridized carbons (Fsp3) is 0.235. The van der Waals surface area contributed by atoms with Gasteiger partial charge in [0.2, 0.25) is 5.91 Å². The molecular weight excluding hydrogens is 585 g/mol. The average Bonchev–Trinajstić information content (AvgIpc) is 3.04. The summed E-state index contributed by atoms with van der Waals surface area (Å²) >= 11 is 0. The van der Waals surface area contributed by atoms with Crippen molar-refractivity contribution < 1.29 is 27.4 Å². The third-order valence-corrected chi connectivity index (χ3v) is 7.13. The van der Waals surface area contributed by atoms with E-state index in [0.717, 1.165) is 5.56 Å². The molecule has 1 amide bonds. The first-order valence-electron chi connectivity index (χ1n) is 14.3. The maximum absolute atomic E-state index is 14.0. The van der Waals surface area contributed by atoms with Gasteiger partial charge in [0, 0.05) is 18.9 Å². The van der Waals surface area contributed by atoms with Crippen molar-refractivity contribution in [3.8, 4) is 17.2 Å². The van der Waals surface area contributed by atoms with Crippen LogP contribution in [-0.4, -0.2) is 44.7 Å². The molecule has 0 aliphatic rings. The molecule has 5 rings (SSSR count). The summed E-state index contributed by atoms with van der Waals surface area (Å²) in [5.74, 6) is 0.775. The number of carbonyl (C=O) groups is 1. The van der Waals surface area contributed by atoms with Crippen LogP contribution in [0.1, 0.15) is 36.8 Å². The average molecular weight is 617 g/mol. The highest BCUT2D eigenvalue weighted by Gasteiger charge is 2.29. The monoisotopic (exact) mass is 616 g/mol. The highest BCUT2D eigenvalue weighted by Crippen LogP contribution is 2.27. The lowest BCUT2D eigenvalue weighted by molar-refractivity contribution is -0.153. The smallest absolute Gasteiger partial charge is 0.422 e. The molecule has 11 heteroatoms. The van der Waals surface area contributed by atoms with Crippen molar-refractivity contribution in [2.45, 2.75) is 39.0 Å². The molecule has 45 heavy (non-hydrogen) atoms. The summed E-state index contributed by atoms with van der Waals surface area (Å²) in [5, 5.41) is 0.431. The minimum atomic E-state index is -4.46. The second-order valence-electron chi connectivity index (χ2n) is 10.3. The van der Waals surface area contributed by atoms with Gasteiger partial charge in [-0.2, -0.15) is 13.2 Å². The molecule has 2 heterocycles. The molecule has 0 aliphatic heterocycles. The van der Waals surface area contributed by atoms with Gasteiger partial charge in [-0.3, -0.25) is 19.1 Å². The van der Waals surface area contributed by atoms with E-state index in [9.17, 15) is 22.8 Å². The molecule has 5 aromatic rings. The number of fused-ring (bicyclic) bond motifs is 1. The van der Waals surface area contributed by atoms with Crippen molar-refractivity contribution in [3.63, 3.8) is 0 Å². The van der Waals surface area contributed by atoms with E-state index >= 15 is 0 Å². The molecule has 2 aromatic heterocycles. The predicted molar refractivity (Wildman–Crippen MR) is 163 cm³/mol. The van der Waals surface area contributed by atoms with Crippen LogP contribution in [0.25, 0.3) is 16.6 Å². The Morgan fingerprint density at radius 3 is 2.27 bits per heavy atom. The van der Waals surface area contributed by atoms with Crippen molar-refractivity contribution in [2.24, 2.45) is 0 Å². The Kier molecular flexibility index (Phi) is 9.46. The largest absolute Gasteiger partial charge is 0.494 e. The highest BCUT2D eigenvalue weighted by molar-refractivity contribution is 5.80. The minimum absolute atomic E-state index is 0.0452. The Morgan fingerprint density at radius 1 is 0.911 bits per heavy atom. The van der Waals surface area contributed by atoms with Gasteiger partial charge < -0.3 is 14.4 Å². The molecule has 0 spiro atoms. The molecule has 232 valence electrons. The molecule has 0 aliphatic carbocycles. The summed E-state index contributed by atoms with van der Waals surface area (Å²) in [7, 11) is 0. The topological polar surface area (TPSA) is 86.6 Å². The zero-order valence-electron chi connectivity index (χ0n) is 24.7. The number of rotatable bonds is 11. The second-order valence-corrected chi connectivity index (χ2v) is 10.3. The van der Waals surface area contributed by atoms with E-state index in [4.69, 9.17) is 14.5 Å². The molecule has 0 fully saturated rings. The Morgan fingerprint density at radius 2 is 1.60 bits per heavy atom. The first-order valence-corrected chi connectivity index (χ1v) is 14.3. The van der Waals surface area contributed by atoms with Crippen molar-refractivity contribution in [3.05, 3.63) is 125 Å². The van der Waals surface area contributed by atoms with Crippen molar-refractivity contribution in [1.29, 1.82) is 0 Å². The van der Waals surface area contributed by atoms with Crippen LogP contribution in [0.5, 0.6) is 11.5 Å². The molecule has 0 saturated carbocycles. The Hall–Kier alpha value is -5.19. The number of aromatic nitrogens is 3. The fourth-order valence-corrected chi connectivity index (χ4v) is 4.95. The van der Waals surface area contributed by atoms with Gasteiger partial charge in [0.05, 0.1) is 35.7 Å². The number of pyridine rings is 1. The summed E-state index contributed by atoms with van der Waals surface area (Å²) in [6.07, 6.45) is -1.21. The maximum atomic E-state index is 14.0. The molecule has 0 radical (unpaired) electrons. The van der Waals surface area contributed by atoms with Gasteiger partial charge in [-0.1, -0.05) is 30.3 Å². The van der Waals surface area contributed by atoms with Crippen LogP contribution in [0.15, 0.2) is 102 Å². The summed E-state index contributed by atoms with van der Waals surface area (Å²) in [4.78, 5) is 38.6. The van der Waals surface area contributed by atoms with Crippen LogP contribution in [0, 0.1) is 0 Å². The highest BCUT2D eigenvalue weighted by atomic mass is 19.4. The van der Waals surface area contributed by atoms with Crippen molar-refractivity contribution in [1.82, 2.24) is 19.4 Å². The number of alkyl halides is 3. The van der Waals surface area contributed by atoms with Crippen LogP contribution in [0.3, 0.4) is 0 Å². The lowest BCUT2D eigenvalue weighted by atomic mass is 10.1. The van der Waals surface area contributed by atoms with Gasteiger partial charge >= 0.3 is 6.18 Å². The summed E-state index contributed by atoms with van der Waals surface area (Å²) < 4.78 is 49.6. The number of halogens is 3. The standard InChI is InChI=1S/C34H31F3N4O4/c1-3-44-27-16-12-26(13-17-27)41-32(39-30-9-5-4-8-29(30)33(41)43)23(2)40(21-25-7-6-18-38-20-25)31(42)19-24-10-14-28(15-11-24)45-22-34(35,36)37/h4-18,20,23H,3,19,21-22H2,1-2H3. The van der Waals surface area contributed by atoms with E-state index in [0.29, 0.717) is 40.3 Å². The van der Waals surface area contributed by atoms with Gasteiger partial charge in [0.25, 0.3) is 5.56 Å². The van der Waals surface area contributed by atoms with Crippen molar-refractivity contribution in [2.75, 3.05) is 13.2 Å². The van der Waals surface area contributed by atoms with Crippen molar-refractivity contribution >= 4 is 16.8 Å². The molecule has 0 saturated heterocycles. The summed E-state index contributed by atoms with van der Waals surface area (Å²) in [6, 6.07) is 23.0. The van der Waals surface area contributed by atoms with Crippen LogP contribution < -0.4 is 15.0 Å². The number of hydrogen-bond donors (Lipinski definition) is 0. The second kappa shape index (κ2) is 13.6. The van der Waals surface area contributed by atoms with E-state index in [1.807, 2.05) is 19.9 Å². The van der Waals surface area contributed by atoms with Crippen LogP contribution in [0.2, 0.25) is 0 Å². The third-order valence-electron chi connectivity index (χ3n) is 7.13. The van der Waals surface area contributed by atoms with Gasteiger partial charge in [-0.25, -0.2) is 4.98 Å². The Labute approximate surface area is 257 Å². The lowest BCUT2D eigenvalue weighted by Crippen LogP contribution is -2.38. The van der Waals surface area contributed by atoms with E-state index < -0.39 is 18.8 Å². The summed E-state index contributed by atoms with van der Waals surface area (Å²) in [6.45, 7) is 2.95. The zero-order chi connectivity index (χ0) is 32.0. The zero-order valence-corrected chi connectivity index (χ0v) is 24.7. The van der Waals surface area contributed by atoms with Crippen LogP contribution in [0.4, 0.5) is 13.2 Å². The number of para-hydroxylation sites is 1. The maximum Gasteiger partial charge on any atom is 0.422 e. The first-order chi connectivity index (χ1) is 21.6. The van der Waals surface area contributed by atoms with Crippen LogP contribution >= 0.6 is 0 Å². The number of hydrogen-bond acceptors (Lipinski definition) is 6. The molecule has 0 N–H and O–H groups in total. The number of nitrogens with zero attached hydrogens (tertiary/aromatic N) is 4. The van der Waals surface area contributed by atoms with Crippen LogP contribution in [-0.2, 0) is 17.8 Å². The Balaban J connectivity index is 1.53. The van der Waals surface area contributed by atoms with E-state index in [1.54, 1.807) is 84.0 Å². The summed E-state index contributed by atoms with van der Waals surface area (Å²) in [5.41, 5.74) is 2.12. The SMILES string of the molecule is CCOc1ccc(-n2c(C(C)N(Cc3cccnc3)C(=O)Cc3ccc(OCC(F)(F)F)cc3)nc3ccccc3c2=O)cc1.